The number of benzene rings is 1. The van der Waals surface area contributed by atoms with Gasteiger partial charge in [-0.15, -0.1) is 0 Å². The Bertz CT molecular complexity index is 466. The first-order valence-corrected chi connectivity index (χ1v) is 6.88. The van der Waals surface area contributed by atoms with Crippen LogP contribution in [0.1, 0.15) is 19.4 Å². The van der Waals surface area contributed by atoms with Gasteiger partial charge in [-0.2, -0.15) is 0 Å². The van der Waals surface area contributed by atoms with Gasteiger partial charge in [-0.1, -0.05) is 12.1 Å². The van der Waals surface area contributed by atoms with E-state index in [4.69, 9.17) is 15.2 Å². The number of amides is 1. The molecule has 0 saturated carbocycles. The fourth-order valence-corrected chi connectivity index (χ4v) is 1.97. The zero-order valence-electron chi connectivity index (χ0n) is 12.7. The van der Waals surface area contributed by atoms with E-state index in [1.165, 1.54) is 6.07 Å². The van der Waals surface area contributed by atoms with Crippen molar-refractivity contribution in [3.8, 4) is 5.75 Å². The first-order valence-electron chi connectivity index (χ1n) is 6.88. The molecule has 0 spiro atoms. The molecule has 0 aliphatic rings. The second kappa shape index (κ2) is 8.59. The zero-order chi connectivity index (χ0) is 15.8. The molecule has 3 N–H and O–H groups in total. The normalized spacial score (nSPS) is 13.6. The summed E-state index contributed by atoms with van der Waals surface area (Å²) in [7, 11) is 1.55. The summed E-state index contributed by atoms with van der Waals surface area (Å²) in [6, 6.07) is 4.39. The number of methoxy groups -OCH3 is 1. The molecule has 118 valence electrons. The van der Waals surface area contributed by atoms with Crippen LogP contribution in [0, 0.1) is 5.82 Å². The molecule has 0 aliphatic carbocycles. The van der Waals surface area contributed by atoms with E-state index in [0.29, 0.717) is 18.6 Å². The summed E-state index contributed by atoms with van der Waals surface area (Å²) in [5.74, 6) is -0.732. The van der Waals surface area contributed by atoms with Crippen molar-refractivity contribution in [3.63, 3.8) is 0 Å². The molecule has 6 heteroatoms. The lowest BCUT2D eigenvalue weighted by molar-refractivity contribution is -0.124. The Morgan fingerprint density at radius 1 is 1.43 bits per heavy atom. The molecule has 0 fully saturated rings. The highest BCUT2D eigenvalue weighted by Crippen LogP contribution is 2.23. The van der Waals surface area contributed by atoms with Crippen molar-refractivity contribution in [1.29, 1.82) is 0 Å². The summed E-state index contributed by atoms with van der Waals surface area (Å²) < 4.78 is 24.1. The number of hydrogen-bond acceptors (Lipinski definition) is 4. The number of nitrogens with one attached hydrogen (secondary N) is 1. The Morgan fingerprint density at radius 2 is 2.14 bits per heavy atom. The maximum atomic E-state index is 13.8. The van der Waals surface area contributed by atoms with Gasteiger partial charge in [0.1, 0.15) is 0 Å². The van der Waals surface area contributed by atoms with Crippen LogP contribution < -0.4 is 15.8 Å². The lowest BCUT2D eigenvalue weighted by atomic mass is 10.1. The summed E-state index contributed by atoms with van der Waals surface area (Å²) in [5, 5.41) is 2.69. The number of ether oxygens (including phenoxy) is 2. The third-order valence-electron chi connectivity index (χ3n) is 2.76. The number of carbonyl (C=O) groups is 1. The molecule has 1 aromatic carbocycles. The van der Waals surface area contributed by atoms with Crippen molar-refractivity contribution in [3.05, 3.63) is 29.6 Å². The van der Waals surface area contributed by atoms with E-state index in [-0.39, 0.29) is 30.3 Å². The minimum atomic E-state index is -0.495. The largest absolute Gasteiger partial charge is 0.480 e. The monoisotopic (exact) mass is 298 g/mol. The van der Waals surface area contributed by atoms with Crippen LogP contribution >= 0.6 is 0 Å². The van der Waals surface area contributed by atoms with Gasteiger partial charge in [0.2, 0.25) is 0 Å². The topological polar surface area (TPSA) is 73.6 Å². The molecule has 0 aliphatic heterocycles. The van der Waals surface area contributed by atoms with Crippen molar-refractivity contribution >= 4 is 5.91 Å². The molecule has 0 heterocycles. The number of halogens is 1. The van der Waals surface area contributed by atoms with E-state index in [1.54, 1.807) is 19.2 Å². The van der Waals surface area contributed by atoms with Crippen molar-refractivity contribution in [1.82, 2.24) is 5.32 Å². The van der Waals surface area contributed by atoms with Gasteiger partial charge < -0.3 is 20.5 Å². The summed E-state index contributed by atoms with van der Waals surface area (Å²) >= 11 is 0. The van der Waals surface area contributed by atoms with Gasteiger partial charge in [0, 0.05) is 19.2 Å². The minimum Gasteiger partial charge on any atom is -0.480 e. The van der Waals surface area contributed by atoms with E-state index in [9.17, 15) is 9.18 Å². The molecule has 2 unspecified atom stereocenters. The van der Waals surface area contributed by atoms with Crippen molar-refractivity contribution in [2.75, 3.05) is 20.3 Å². The van der Waals surface area contributed by atoms with Crippen LogP contribution in [-0.2, 0) is 16.0 Å². The molecule has 2 atom stereocenters. The predicted octanol–water partition coefficient (Wildman–Crippen LogP) is 1.25. The van der Waals surface area contributed by atoms with Gasteiger partial charge in [-0.3, -0.25) is 4.79 Å². The van der Waals surface area contributed by atoms with Crippen molar-refractivity contribution in [2.45, 2.75) is 32.4 Å². The summed E-state index contributed by atoms with van der Waals surface area (Å²) in [5.41, 5.74) is 6.38. The van der Waals surface area contributed by atoms with Crippen LogP contribution in [0.25, 0.3) is 0 Å². The van der Waals surface area contributed by atoms with Gasteiger partial charge in [-0.05, 0) is 31.9 Å². The number of hydrogen-bond donors (Lipinski definition) is 2. The summed E-state index contributed by atoms with van der Waals surface area (Å²) in [4.78, 5) is 11.7. The Morgan fingerprint density at radius 3 is 2.76 bits per heavy atom. The molecule has 0 bridgehead atoms. The van der Waals surface area contributed by atoms with Crippen LogP contribution in [0.3, 0.4) is 0 Å². The van der Waals surface area contributed by atoms with Crippen LogP contribution in [0.2, 0.25) is 0 Å². The Labute approximate surface area is 124 Å². The van der Waals surface area contributed by atoms with Crippen LogP contribution in [0.5, 0.6) is 5.75 Å². The second-order valence-corrected chi connectivity index (χ2v) is 5.12. The van der Waals surface area contributed by atoms with Gasteiger partial charge in [0.05, 0.1) is 6.61 Å². The van der Waals surface area contributed by atoms with E-state index < -0.39 is 5.82 Å². The molecule has 0 saturated heterocycles. The zero-order valence-corrected chi connectivity index (χ0v) is 12.7. The maximum absolute atomic E-state index is 13.8. The fraction of sp³-hybridized carbons (Fsp3) is 0.533. The van der Waals surface area contributed by atoms with Crippen LogP contribution in [0.4, 0.5) is 4.39 Å². The average Bonchev–Trinajstić information content (AvgIpc) is 2.37. The Hall–Kier alpha value is -1.66. The maximum Gasteiger partial charge on any atom is 0.258 e. The third-order valence-corrected chi connectivity index (χ3v) is 2.76. The highest BCUT2D eigenvalue weighted by molar-refractivity contribution is 5.77. The quantitative estimate of drug-likeness (QED) is 0.757. The predicted molar refractivity (Wildman–Crippen MR) is 78.7 cm³/mol. The SMILES string of the molecule is COCC(C)NC(=O)COc1c(F)cccc1CC(C)N. The Balaban J connectivity index is 2.64. The molecule has 1 aromatic rings. The highest BCUT2D eigenvalue weighted by Gasteiger charge is 2.14. The van der Waals surface area contributed by atoms with E-state index in [1.807, 2.05) is 13.8 Å². The minimum absolute atomic E-state index is 0.0874. The number of para-hydroxylation sites is 1. The second-order valence-electron chi connectivity index (χ2n) is 5.12. The van der Waals surface area contributed by atoms with E-state index in [0.717, 1.165) is 0 Å². The first kappa shape index (κ1) is 17.4. The number of carbonyl (C=O) groups excluding carboxylic acids is 1. The summed E-state index contributed by atoms with van der Waals surface area (Å²) in [6.45, 7) is 3.79. The smallest absolute Gasteiger partial charge is 0.258 e. The molecule has 0 radical (unpaired) electrons. The molecule has 0 aromatic heterocycles. The molecular formula is C15H23FN2O3. The lowest BCUT2D eigenvalue weighted by Gasteiger charge is -2.15. The van der Waals surface area contributed by atoms with Crippen molar-refractivity contribution < 1.29 is 18.7 Å². The molecule has 21 heavy (non-hydrogen) atoms. The van der Waals surface area contributed by atoms with Crippen LogP contribution in [0.15, 0.2) is 18.2 Å². The first-order chi connectivity index (χ1) is 9.93. The lowest BCUT2D eigenvalue weighted by Crippen LogP contribution is -2.38. The number of nitrogens with two attached hydrogens (primary N) is 1. The average molecular weight is 298 g/mol. The third kappa shape index (κ3) is 6.10. The van der Waals surface area contributed by atoms with E-state index >= 15 is 0 Å². The molecular weight excluding hydrogens is 275 g/mol. The highest BCUT2D eigenvalue weighted by atomic mass is 19.1. The van der Waals surface area contributed by atoms with Gasteiger partial charge in [0.15, 0.2) is 18.2 Å². The standard InChI is InChI=1S/C15H23FN2O3/c1-10(17)7-12-5-4-6-13(16)15(12)21-9-14(19)18-11(2)8-20-3/h4-6,10-11H,7-9,17H2,1-3H3,(H,18,19). The molecule has 1 amide bonds. The molecule has 1 rings (SSSR count). The van der Waals surface area contributed by atoms with Gasteiger partial charge >= 0.3 is 0 Å². The van der Waals surface area contributed by atoms with Gasteiger partial charge in [0.25, 0.3) is 5.91 Å². The fourth-order valence-electron chi connectivity index (χ4n) is 1.97. The van der Waals surface area contributed by atoms with Crippen LogP contribution in [-0.4, -0.2) is 38.3 Å². The molecule has 5 nitrogen and oxygen atoms in total. The van der Waals surface area contributed by atoms with Crippen molar-refractivity contribution in [2.24, 2.45) is 5.73 Å². The Kier molecular flexibility index (Phi) is 7.11. The number of rotatable bonds is 8. The van der Waals surface area contributed by atoms with Gasteiger partial charge in [-0.25, -0.2) is 4.39 Å². The summed E-state index contributed by atoms with van der Waals surface area (Å²) in [6.07, 6.45) is 0.481. The van der Waals surface area contributed by atoms with E-state index in [2.05, 4.69) is 5.32 Å².